The Morgan fingerprint density at radius 1 is 1.11 bits per heavy atom. The van der Waals surface area contributed by atoms with Crippen LogP contribution in [0.4, 0.5) is 5.82 Å². The molecular weight excluding hydrogens is 242 g/mol. The number of nitrogens with zero attached hydrogens (tertiary/aromatic N) is 4. The maximum Gasteiger partial charge on any atom is 0.332 e. The van der Waals surface area contributed by atoms with Gasteiger partial charge in [-0.2, -0.15) is 0 Å². The summed E-state index contributed by atoms with van der Waals surface area (Å²) in [6.07, 6.45) is 0. The standard InChI is InChI=1S/C13H13N5O/c1-17(2)11-7-8-12(16-15-11)18-10-6-4-3-5-9(10)14-13(18)19/h3-8H,1-2H3,(H,14,19). The second kappa shape index (κ2) is 4.24. The Kier molecular flexibility index (Phi) is 2.56. The molecule has 0 saturated carbocycles. The third-order valence-corrected chi connectivity index (χ3v) is 2.91. The van der Waals surface area contributed by atoms with Gasteiger partial charge in [0.2, 0.25) is 0 Å². The second-order valence-electron chi connectivity index (χ2n) is 4.43. The summed E-state index contributed by atoms with van der Waals surface area (Å²) < 4.78 is 1.52. The fraction of sp³-hybridized carbons (Fsp3) is 0.154. The van der Waals surface area contributed by atoms with Gasteiger partial charge >= 0.3 is 5.69 Å². The number of imidazole rings is 1. The number of hydrogen-bond acceptors (Lipinski definition) is 4. The Balaban J connectivity index is 2.19. The first-order chi connectivity index (χ1) is 9.16. The summed E-state index contributed by atoms with van der Waals surface area (Å²) in [5.41, 5.74) is 1.36. The van der Waals surface area contributed by atoms with E-state index in [-0.39, 0.29) is 5.69 Å². The topological polar surface area (TPSA) is 66.8 Å². The lowest BCUT2D eigenvalue weighted by Crippen LogP contribution is -2.17. The summed E-state index contributed by atoms with van der Waals surface area (Å²) in [6.45, 7) is 0. The van der Waals surface area contributed by atoms with Crippen LogP contribution in [-0.4, -0.2) is 33.8 Å². The Hall–Kier alpha value is -2.63. The van der Waals surface area contributed by atoms with Gasteiger partial charge in [-0.05, 0) is 24.3 Å². The third-order valence-electron chi connectivity index (χ3n) is 2.91. The molecule has 0 spiro atoms. The van der Waals surface area contributed by atoms with E-state index in [1.54, 1.807) is 6.07 Å². The van der Waals surface area contributed by atoms with Gasteiger partial charge in [-0.15, -0.1) is 10.2 Å². The van der Waals surface area contributed by atoms with Crippen LogP contribution < -0.4 is 10.6 Å². The number of aromatic nitrogens is 4. The predicted octanol–water partition coefficient (Wildman–Crippen LogP) is 1.17. The maximum atomic E-state index is 12.0. The molecule has 0 amide bonds. The molecule has 96 valence electrons. The van der Waals surface area contributed by atoms with E-state index in [9.17, 15) is 4.79 Å². The highest BCUT2D eigenvalue weighted by Crippen LogP contribution is 2.14. The molecule has 0 fully saturated rings. The predicted molar refractivity (Wildman–Crippen MR) is 73.8 cm³/mol. The van der Waals surface area contributed by atoms with Crippen LogP contribution in [-0.2, 0) is 0 Å². The van der Waals surface area contributed by atoms with Crippen molar-refractivity contribution in [2.75, 3.05) is 19.0 Å². The average molecular weight is 255 g/mol. The lowest BCUT2D eigenvalue weighted by Gasteiger charge is -2.10. The van der Waals surface area contributed by atoms with Crippen LogP contribution in [0.15, 0.2) is 41.2 Å². The molecule has 0 atom stereocenters. The smallest absolute Gasteiger partial charge is 0.332 e. The first kappa shape index (κ1) is 11.5. The SMILES string of the molecule is CN(C)c1ccc(-n2c(=O)[nH]c3ccccc32)nn1. The summed E-state index contributed by atoms with van der Waals surface area (Å²) in [4.78, 5) is 16.6. The molecular formula is C13H13N5O. The van der Waals surface area contributed by atoms with Gasteiger partial charge in [0.15, 0.2) is 11.6 Å². The number of para-hydroxylation sites is 2. The average Bonchev–Trinajstić information content (AvgIpc) is 2.74. The molecule has 0 aliphatic carbocycles. The van der Waals surface area contributed by atoms with Gasteiger partial charge < -0.3 is 9.88 Å². The molecule has 1 N–H and O–H groups in total. The third kappa shape index (κ3) is 1.87. The van der Waals surface area contributed by atoms with E-state index in [4.69, 9.17) is 0 Å². The van der Waals surface area contributed by atoms with Crippen molar-refractivity contribution >= 4 is 16.9 Å². The van der Waals surface area contributed by atoms with E-state index in [1.807, 2.05) is 49.3 Å². The number of nitrogens with one attached hydrogen (secondary N) is 1. The Labute approximate surface area is 109 Å². The summed E-state index contributed by atoms with van der Waals surface area (Å²) in [5.74, 6) is 1.25. The minimum atomic E-state index is -0.215. The fourth-order valence-electron chi connectivity index (χ4n) is 1.96. The number of aromatic amines is 1. The highest BCUT2D eigenvalue weighted by Gasteiger charge is 2.09. The second-order valence-corrected chi connectivity index (χ2v) is 4.43. The van der Waals surface area contributed by atoms with Gasteiger partial charge in [0.25, 0.3) is 0 Å². The monoisotopic (exact) mass is 255 g/mol. The van der Waals surface area contributed by atoms with Crippen LogP contribution in [0.3, 0.4) is 0 Å². The van der Waals surface area contributed by atoms with Crippen molar-refractivity contribution in [3.63, 3.8) is 0 Å². The number of hydrogen-bond donors (Lipinski definition) is 1. The molecule has 6 heteroatoms. The molecule has 2 aromatic heterocycles. The number of H-pyrrole nitrogens is 1. The molecule has 0 aliphatic rings. The molecule has 0 bridgehead atoms. The minimum absolute atomic E-state index is 0.215. The molecule has 3 aromatic rings. The van der Waals surface area contributed by atoms with Crippen molar-refractivity contribution in [1.82, 2.24) is 19.7 Å². The van der Waals surface area contributed by atoms with E-state index < -0.39 is 0 Å². The molecule has 1 aromatic carbocycles. The van der Waals surface area contributed by atoms with Crippen LogP contribution in [0.2, 0.25) is 0 Å². The van der Waals surface area contributed by atoms with Crippen molar-refractivity contribution in [2.24, 2.45) is 0 Å². The molecule has 3 rings (SSSR count). The molecule has 2 heterocycles. The highest BCUT2D eigenvalue weighted by atomic mass is 16.1. The Morgan fingerprint density at radius 3 is 2.58 bits per heavy atom. The largest absolute Gasteiger partial charge is 0.361 e. The van der Waals surface area contributed by atoms with E-state index in [0.717, 1.165) is 16.9 Å². The van der Waals surface area contributed by atoms with Crippen LogP contribution in [0.1, 0.15) is 0 Å². The number of fused-ring (bicyclic) bond motifs is 1. The Bertz CT molecular complexity index is 770. The normalized spacial score (nSPS) is 10.8. The first-order valence-corrected chi connectivity index (χ1v) is 5.88. The van der Waals surface area contributed by atoms with Crippen molar-refractivity contribution in [3.05, 3.63) is 46.9 Å². The van der Waals surface area contributed by atoms with Crippen LogP contribution in [0.5, 0.6) is 0 Å². The summed E-state index contributed by atoms with van der Waals surface area (Å²) in [7, 11) is 3.78. The fourth-order valence-corrected chi connectivity index (χ4v) is 1.96. The van der Waals surface area contributed by atoms with Gasteiger partial charge in [0.05, 0.1) is 11.0 Å². The van der Waals surface area contributed by atoms with Gasteiger partial charge in [0.1, 0.15) is 0 Å². The highest BCUT2D eigenvalue weighted by molar-refractivity contribution is 5.76. The van der Waals surface area contributed by atoms with Crippen molar-refractivity contribution in [1.29, 1.82) is 0 Å². The number of rotatable bonds is 2. The lowest BCUT2D eigenvalue weighted by atomic mass is 10.3. The summed E-state index contributed by atoms with van der Waals surface area (Å²) in [6, 6.07) is 11.1. The Morgan fingerprint density at radius 2 is 1.89 bits per heavy atom. The zero-order valence-electron chi connectivity index (χ0n) is 10.7. The minimum Gasteiger partial charge on any atom is -0.361 e. The molecule has 6 nitrogen and oxygen atoms in total. The molecule has 19 heavy (non-hydrogen) atoms. The van der Waals surface area contributed by atoms with E-state index in [0.29, 0.717) is 5.82 Å². The van der Waals surface area contributed by atoms with Crippen LogP contribution in [0.25, 0.3) is 16.9 Å². The quantitative estimate of drug-likeness (QED) is 0.746. The van der Waals surface area contributed by atoms with Gasteiger partial charge in [-0.25, -0.2) is 9.36 Å². The molecule has 0 unspecified atom stereocenters. The zero-order chi connectivity index (χ0) is 13.4. The van der Waals surface area contributed by atoms with E-state index in [2.05, 4.69) is 15.2 Å². The van der Waals surface area contributed by atoms with Crippen molar-refractivity contribution < 1.29 is 0 Å². The molecule has 0 aliphatic heterocycles. The maximum absolute atomic E-state index is 12.0. The van der Waals surface area contributed by atoms with Gasteiger partial charge in [0, 0.05) is 14.1 Å². The van der Waals surface area contributed by atoms with E-state index >= 15 is 0 Å². The van der Waals surface area contributed by atoms with E-state index in [1.165, 1.54) is 4.57 Å². The van der Waals surface area contributed by atoms with Gasteiger partial charge in [-0.3, -0.25) is 0 Å². The van der Waals surface area contributed by atoms with Crippen LogP contribution in [0, 0.1) is 0 Å². The molecule has 0 saturated heterocycles. The number of anilines is 1. The summed E-state index contributed by atoms with van der Waals surface area (Å²) >= 11 is 0. The van der Waals surface area contributed by atoms with Crippen molar-refractivity contribution in [3.8, 4) is 5.82 Å². The number of benzene rings is 1. The van der Waals surface area contributed by atoms with Crippen LogP contribution >= 0.6 is 0 Å². The molecule has 0 radical (unpaired) electrons. The first-order valence-electron chi connectivity index (χ1n) is 5.88. The van der Waals surface area contributed by atoms with Crippen molar-refractivity contribution in [2.45, 2.75) is 0 Å². The van der Waals surface area contributed by atoms with Gasteiger partial charge in [-0.1, -0.05) is 12.1 Å². The lowest BCUT2D eigenvalue weighted by molar-refractivity contribution is 0.884. The summed E-state index contributed by atoms with van der Waals surface area (Å²) in [5, 5.41) is 8.19. The zero-order valence-corrected chi connectivity index (χ0v) is 10.7.